The predicted octanol–water partition coefficient (Wildman–Crippen LogP) is 5.95. The van der Waals surface area contributed by atoms with Crippen molar-refractivity contribution >= 4 is 17.5 Å². The van der Waals surface area contributed by atoms with E-state index >= 15 is 0 Å². The largest absolute Gasteiger partial charge is 0.352 e. The van der Waals surface area contributed by atoms with E-state index in [1.54, 1.807) is 0 Å². The topological polar surface area (TPSA) is 34.0 Å². The molecule has 0 saturated heterocycles. The van der Waals surface area contributed by atoms with Gasteiger partial charge in [0.25, 0.3) is 5.91 Å². The summed E-state index contributed by atoms with van der Waals surface area (Å²) in [6, 6.07) is 10.2. The molecule has 1 heterocycles. The third-order valence-electron chi connectivity index (χ3n) is 5.89. The van der Waals surface area contributed by atoms with Crippen molar-refractivity contribution < 1.29 is 4.79 Å². The van der Waals surface area contributed by atoms with Crippen molar-refractivity contribution in [1.29, 1.82) is 0 Å². The Morgan fingerprint density at radius 1 is 1.26 bits per heavy atom. The first-order chi connectivity index (χ1) is 13.1. The Balaban J connectivity index is 1.63. The van der Waals surface area contributed by atoms with Gasteiger partial charge in [-0.05, 0) is 62.1 Å². The molecule has 1 aliphatic carbocycles. The lowest BCUT2D eigenvalue weighted by atomic mass is 9.78. The molecule has 1 N–H and O–H groups in total. The fourth-order valence-corrected chi connectivity index (χ4v) is 4.58. The Kier molecular flexibility index (Phi) is 7.01. The van der Waals surface area contributed by atoms with Gasteiger partial charge in [0.1, 0.15) is 0 Å². The summed E-state index contributed by atoms with van der Waals surface area (Å²) >= 11 is 6.43. The molecule has 2 atom stereocenters. The molecule has 2 unspecified atom stereocenters. The van der Waals surface area contributed by atoms with Crippen LogP contribution in [0.3, 0.4) is 0 Å². The van der Waals surface area contributed by atoms with Gasteiger partial charge in [0.15, 0.2) is 0 Å². The lowest BCUT2D eigenvalue weighted by Crippen LogP contribution is -2.25. The third kappa shape index (κ3) is 4.95. The number of hydrogen-bond donors (Lipinski definition) is 1. The standard InChI is InChI=1S/C23H31ClN2O/c1-3-4-13-25-23(27)20-12-14-26(17(20)2)16-18-8-7-9-19(15-18)21-10-5-6-11-22(21)24/h5-6,10-12,14,18-19H,3-4,7-9,13,15-16H2,1-2H3,(H,25,27). The summed E-state index contributed by atoms with van der Waals surface area (Å²) in [7, 11) is 0. The lowest BCUT2D eigenvalue weighted by Gasteiger charge is -2.30. The first kappa shape index (κ1) is 20.0. The molecule has 27 heavy (non-hydrogen) atoms. The van der Waals surface area contributed by atoms with Crippen LogP contribution in [0.2, 0.25) is 5.02 Å². The van der Waals surface area contributed by atoms with E-state index < -0.39 is 0 Å². The lowest BCUT2D eigenvalue weighted by molar-refractivity contribution is 0.0952. The molecular weight excluding hydrogens is 356 g/mol. The monoisotopic (exact) mass is 386 g/mol. The number of halogens is 1. The van der Waals surface area contributed by atoms with Crippen LogP contribution in [0.4, 0.5) is 0 Å². The Hall–Kier alpha value is -1.74. The normalized spacial score (nSPS) is 19.8. The van der Waals surface area contributed by atoms with E-state index in [4.69, 9.17) is 11.6 Å². The van der Waals surface area contributed by atoms with Gasteiger partial charge < -0.3 is 9.88 Å². The smallest absolute Gasteiger partial charge is 0.253 e. The molecule has 1 aromatic carbocycles. The van der Waals surface area contributed by atoms with Gasteiger partial charge in [0.05, 0.1) is 5.56 Å². The Bertz CT molecular complexity index is 767. The second kappa shape index (κ2) is 9.45. The molecule has 1 saturated carbocycles. The van der Waals surface area contributed by atoms with Gasteiger partial charge in [0, 0.05) is 30.0 Å². The first-order valence-corrected chi connectivity index (χ1v) is 10.7. The van der Waals surface area contributed by atoms with Crippen LogP contribution in [0.1, 0.15) is 73.0 Å². The number of aromatic nitrogens is 1. The molecule has 0 bridgehead atoms. The number of nitrogens with zero attached hydrogens (tertiary/aromatic N) is 1. The maximum Gasteiger partial charge on any atom is 0.253 e. The highest BCUT2D eigenvalue weighted by molar-refractivity contribution is 6.31. The Labute approximate surface area is 168 Å². The van der Waals surface area contributed by atoms with Crippen LogP contribution in [0.5, 0.6) is 0 Å². The van der Waals surface area contributed by atoms with Crippen LogP contribution in [0.15, 0.2) is 36.5 Å². The number of carbonyl (C=O) groups excluding carboxylic acids is 1. The Morgan fingerprint density at radius 3 is 2.85 bits per heavy atom. The minimum atomic E-state index is 0.0530. The van der Waals surface area contributed by atoms with Gasteiger partial charge in [-0.1, -0.05) is 49.6 Å². The van der Waals surface area contributed by atoms with Crippen molar-refractivity contribution in [3.63, 3.8) is 0 Å². The Morgan fingerprint density at radius 2 is 2.07 bits per heavy atom. The molecule has 1 fully saturated rings. The fourth-order valence-electron chi connectivity index (χ4n) is 4.29. The molecule has 146 valence electrons. The minimum absolute atomic E-state index is 0.0530. The van der Waals surface area contributed by atoms with Gasteiger partial charge in [-0.15, -0.1) is 0 Å². The summed E-state index contributed by atoms with van der Waals surface area (Å²) in [4.78, 5) is 12.4. The number of carbonyl (C=O) groups is 1. The molecule has 0 spiro atoms. The summed E-state index contributed by atoms with van der Waals surface area (Å²) in [5.74, 6) is 1.23. The number of amides is 1. The number of rotatable bonds is 7. The second-order valence-corrected chi connectivity index (χ2v) is 8.23. The number of unbranched alkanes of at least 4 members (excludes halogenated alkanes) is 1. The summed E-state index contributed by atoms with van der Waals surface area (Å²) in [5, 5.41) is 3.92. The maximum absolute atomic E-state index is 12.4. The quantitative estimate of drug-likeness (QED) is 0.586. The van der Waals surface area contributed by atoms with Crippen LogP contribution in [-0.4, -0.2) is 17.0 Å². The molecular formula is C23H31ClN2O. The van der Waals surface area contributed by atoms with Crippen molar-refractivity contribution in [2.45, 2.75) is 64.8 Å². The molecule has 3 rings (SSSR count). The summed E-state index contributed by atoms with van der Waals surface area (Å²) in [6.45, 7) is 5.92. The van der Waals surface area contributed by atoms with Crippen LogP contribution in [0, 0.1) is 12.8 Å². The average molecular weight is 387 g/mol. The highest BCUT2D eigenvalue weighted by atomic mass is 35.5. The van der Waals surface area contributed by atoms with Gasteiger partial charge >= 0.3 is 0 Å². The zero-order valence-electron chi connectivity index (χ0n) is 16.5. The molecule has 2 aromatic rings. The van der Waals surface area contributed by atoms with Crippen LogP contribution in [-0.2, 0) is 6.54 Å². The maximum atomic E-state index is 12.4. The highest BCUT2D eigenvalue weighted by Crippen LogP contribution is 2.39. The fraction of sp³-hybridized carbons (Fsp3) is 0.522. The molecule has 0 aliphatic heterocycles. The van der Waals surface area contributed by atoms with Crippen molar-refractivity contribution in [3.05, 3.63) is 58.4 Å². The summed E-state index contributed by atoms with van der Waals surface area (Å²) < 4.78 is 2.26. The van der Waals surface area contributed by atoms with E-state index in [9.17, 15) is 4.79 Å². The molecule has 4 heteroatoms. The SMILES string of the molecule is CCCCNC(=O)c1ccn(CC2CCCC(c3ccccc3Cl)C2)c1C. The third-order valence-corrected chi connectivity index (χ3v) is 6.23. The molecule has 1 amide bonds. The molecule has 3 nitrogen and oxygen atoms in total. The van der Waals surface area contributed by atoms with E-state index in [-0.39, 0.29) is 5.91 Å². The zero-order chi connectivity index (χ0) is 19.2. The molecule has 1 aromatic heterocycles. The molecule has 1 aliphatic rings. The van der Waals surface area contributed by atoms with Crippen molar-refractivity contribution in [2.24, 2.45) is 5.92 Å². The van der Waals surface area contributed by atoms with Crippen LogP contribution < -0.4 is 5.32 Å². The van der Waals surface area contributed by atoms with Crippen LogP contribution >= 0.6 is 11.6 Å². The zero-order valence-corrected chi connectivity index (χ0v) is 17.3. The van der Waals surface area contributed by atoms with E-state index in [2.05, 4.69) is 42.1 Å². The van der Waals surface area contributed by atoms with Gasteiger partial charge in [-0.25, -0.2) is 0 Å². The van der Waals surface area contributed by atoms with Gasteiger partial charge in [-0.3, -0.25) is 4.79 Å². The number of nitrogens with one attached hydrogen (secondary N) is 1. The molecule has 0 radical (unpaired) electrons. The van der Waals surface area contributed by atoms with E-state index in [0.29, 0.717) is 11.8 Å². The number of benzene rings is 1. The second-order valence-electron chi connectivity index (χ2n) is 7.83. The van der Waals surface area contributed by atoms with Crippen molar-refractivity contribution in [3.8, 4) is 0 Å². The highest BCUT2D eigenvalue weighted by Gasteiger charge is 2.25. The number of hydrogen-bond acceptors (Lipinski definition) is 1. The van der Waals surface area contributed by atoms with Crippen molar-refractivity contribution in [2.75, 3.05) is 6.54 Å². The van der Waals surface area contributed by atoms with E-state index in [1.807, 2.05) is 18.2 Å². The van der Waals surface area contributed by atoms with Gasteiger partial charge in [-0.2, -0.15) is 0 Å². The van der Waals surface area contributed by atoms with Gasteiger partial charge in [0.2, 0.25) is 0 Å². The van der Waals surface area contributed by atoms with E-state index in [1.165, 1.54) is 31.2 Å². The van der Waals surface area contributed by atoms with Crippen molar-refractivity contribution in [1.82, 2.24) is 9.88 Å². The average Bonchev–Trinajstić information content (AvgIpc) is 3.03. The van der Waals surface area contributed by atoms with E-state index in [0.717, 1.165) is 42.2 Å². The summed E-state index contributed by atoms with van der Waals surface area (Å²) in [6.07, 6.45) is 9.06. The summed E-state index contributed by atoms with van der Waals surface area (Å²) in [5.41, 5.74) is 3.18. The van der Waals surface area contributed by atoms with Crippen LogP contribution in [0.25, 0.3) is 0 Å². The first-order valence-electron chi connectivity index (χ1n) is 10.3. The predicted molar refractivity (Wildman–Crippen MR) is 113 cm³/mol. The minimum Gasteiger partial charge on any atom is -0.352 e.